The SMILES string of the molecule is Cc1sc(-c2ccc(C(F)(F)F)cc2)nc1COc1ccc2ccn(CC(=O)O)c2c1. The number of hydrogen-bond donors (Lipinski definition) is 1. The normalized spacial score (nSPS) is 11.7. The molecule has 0 fully saturated rings. The van der Waals surface area contributed by atoms with E-state index >= 15 is 0 Å². The largest absolute Gasteiger partial charge is 0.487 e. The summed E-state index contributed by atoms with van der Waals surface area (Å²) in [5.74, 6) is -0.362. The fourth-order valence-electron chi connectivity index (χ4n) is 3.18. The Hall–Kier alpha value is -3.33. The van der Waals surface area contributed by atoms with Gasteiger partial charge >= 0.3 is 12.1 Å². The highest BCUT2D eigenvalue weighted by molar-refractivity contribution is 7.15. The average molecular weight is 446 g/mol. The van der Waals surface area contributed by atoms with E-state index in [9.17, 15) is 18.0 Å². The number of aryl methyl sites for hydroxylation is 1. The molecule has 2 aromatic heterocycles. The Labute approximate surface area is 179 Å². The molecule has 0 saturated carbocycles. The number of ether oxygens (including phenoxy) is 1. The molecule has 0 unspecified atom stereocenters. The summed E-state index contributed by atoms with van der Waals surface area (Å²) in [7, 11) is 0. The summed E-state index contributed by atoms with van der Waals surface area (Å²) in [6, 6.07) is 12.2. The van der Waals surface area contributed by atoms with Crippen molar-refractivity contribution in [1.82, 2.24) is 9.55 Å². The molecule has 5 nitrogen and oxygen atoms in total. The van der Waals surface area contributed by atoms with Gasteiger partial charge in [-0.25, -0.2) is 4.98 Å². The number of nitrogens with zero attached hydrogens (tertiary/aromatic N) is 2. The zero-order chi connectivity index (χ0) is 22.2. The van der Waals surface area contributed by atoms with Crippen LogP contribution in [0.3, 0.4) is 0 Å². The molecular weight excluding hydrogens is 429 g/mol. The van der Waals surface area contributed by atoms with Crippen LogP contribution in [0.15, 0.2) is 54.7 Å². The molecule has 0 saturated heterocycles. The molecule has 2 aromatic carbocycles. The number of thiazole rings is 1. The lowest BCUT2D eigenvalue weighted by Gasteiger charge is -2.07. The Morgan fingerprint density at radius 2 is 1.90 bits per heavy atom. The highest BCUT2D eigenvalue weighted by Crippen LogP contribution is 2.33. The Morgan fingerprint density at radius 1 is 1.16 bits per heavy atom. The van der Waals surface area contributed by atoms with Gasteiger partial charge in [0.1, 0.15) is 23.9 Å². The van der Waals surface area contributed by atoms with Gasteiger partial charge in [0.25, 0.3) is 0 Å². The molecule has 4 rings (SSSR count). The van der Waals surface area contributed by atoms with Gasteiger partial charge in [0.2, 0.25) is 0 Å². The number of carboxylic acids is 1. The van der Waals surface area contributed by atoms with Crippen molar-refractivity contribution in [3.05, 3.63) is 70.9 Å². The molecule has 0 amide bonds. The first kappa shape index (κ1) is 20.9. The molecule has 160 valence electrons. The molecule has 4 aromatic rings. The fourth-order valence-corrected chi connectivity index (χ4v) is 4.10. The van der Waals surface area contributed by atoms with E-state index in [4.69, 9.17) is 9.84 Å². The van der Waals surface area contributed by atoms with Gasteiger partial charge in [-0.05, 0) is 42.6 Å². The van der Waals surface area contributed by atoms with Crippen LogP contribution in [0.1, 0.15) is 16.1 Å². The molecule has 0 bridgehead atoms. The first-order chi connectivity index (χ1) is 14.7. The summed E-state index contributed by atoms with van der Waals surface area (Å²) < 4.78 is 45.8. The van der Waals surface area contributed by atoms with Crippen LogP contribution in [-0.2, 0) is 24.1 Å². The zero-order valence-corrected chi connectivity index (χ0v) is 17.1. The first-order valence-electron chi connectivity index (χ1n) is 9.28. The number of benzene rings is 2. The molecular formula is C22H17F3N2O3S. The number of aromatic nitrogens is 2. The van der Waals surface area contributed by atoms with Gasteiger partial charge < -0.3 is 14.4 Å². The van der Waals surface area contributed by atoms with Crippen molar-refractivity contribution in [3.8, 4) is 16.3 Å². The van der Waals surface area contributed by atoms with Gasteiger partial charge in [-0.2, -0.15) is 13.2 Å². The lowest BCUT2D eigenvalue weighted by atomic mass is 10.1. The van der Waals surface area contributed by atoms with E-state index in [0.29, 0.717) is 22.0 Å². The number of hydrogen-bond acceptors (Lipinski definition) is 4. The Kier molecular flexibility index (Phi) is 5.45. The summed E-state index contributed by atoms with van der Waals surface area (Å²) in [6.07, 6.45) is -2.66. The van der Waals surface area contributed by atoms with Crippen LogP contribution in [0.2, 0.25) is 0 Å². The maximum absolute atomic E-state index is 12.8. The van der Waals surface area contributed by atoms with Crippen molar-refractivity contribution < 1.29 is 27.8 Å². The number of rotatable bonds is 6. The molecule has 0 aliphatic heterocycles. The molecule has 0 radical (unpaired) electrons. The summed E-state index contributed by atoms with van der Waals surface area (Å²) in [5, 5.41) is 10.6. The number of alkyl halides is 3. The van der Waals surface area contributed by atoms with E-state index in [1.807, 2.05) is 19.1 Å². The minimum absolute atomic E-state index is 0.144. The predicted molar refractivity (Wildman–Crippen MR) is 111 cm³/mol. The van der Waals surface area contributed by atoms with E-state index in [2.05, 4.69) is 4.98 Å². The summed E-state index contributed by atoms with van der Waals surface area (Å²) in [5.41, 5.74) is 1.36. The second kappa shape index (κ2) is 8.07. The summed E-state index contributed by atoms with van der Waals surface area (Å²) >= 11 is 1.39. The number of halogens is 3. The lowest BCUT2D eigenvalue weighted by molar-refractivity contribution is -0.138. The van der Waals surface area contributed by atoms with Gasteiger partial charge in [0.15, 0.2) is 0 Å². The van der Waals surface area contributed by atoms with Crippen LogP contribution in [0.5, 0.6) is 5.75 Å². The molecule has 0 aliphatic rings. The van der Waals surface area contributed by atoms with E-state index in [0.717, 1.165) is 27.9 Å². The third kappa shape index (κ3) is 4.56. The van der Waals surface area contributed by atoms with Crippen molar-refractivity contribution in [2.45, 2.75) is 26.3 Å². The van der Waals surface area contributed by atoms with Crippen LogP contribution in [-0.4, -0.2) is 20.6 Å². The van der Waals surface area contributed by atoms with Crippen molar-refractivity contribution in [3.63, 3.8) is 0 Å². The third-order valence-corrected chi connectivity index (χ3v) is 5.84. The Balaban J connectivity index is 1.51. The number of fused-ring (bicyclic) bond motifs is 1. The topological polar surface area (TPSA) is 64.4 Å². The number of aliphatic carboxylic acids is 1. The quantitative estimate of drug-likeness (QED) is 0.409. The van der Waals surface area contributed by atoms with E-state index in [1.165, 1.54) is 23.5 Å². The van der Waals surface area contributed by atoms with Crippen molar-refractivity contribution in [2.24, 2.45) is 0 Å². The smallest absolute Gasteiger partial charge is 0.416 e. The van der Waals surface area contributed by atoms with Crippen LogP contribution in [0.4, 0.5) is 13.2 Å². The van der Waals surface area contributed by atoms with E-state index in [-0.39, 0.29) is 13.2 Å². The zero-order valence-electron chi connectivity index (χ0n) is 16.3. The van der Waals surface area contributed by atoms with Gasteiger partial charge in [-0.15, -0.1) is 11.3 Å². The monoisotopic (exact) mass is 446 g/mol. The number of carbonyl (C=O) groups is 1. The van der Waals surface area contributed by atoms with Gasteiger partial charge in [-0.1, -0.05) is 12.1 Å². The Morgan fingerprint density at radius 3 is 2.58 bits per heavy atom. The molecule has 31 heavy (non-hydrogen) atoms. The van der Waals surface area contributed by atoms with Crippen LogP contribution in [0, 0.1) is 6.92 Å². The molecule has 1 N–H and O–H groups in total. The first-order valence-corrected chi connectivity index (χ1v) is 10.1. The third-order valence-electron chi connectivity index (χ3n) is 4.78. The van der Waals surface area contributed by atoms with E-state index in [1.54, 1.807) is 22.9 Å². The molecule has 0 spiro atoms. The van der Waals surface area contributed by atoms with Gasteiger partial charge in [0.05, 0.1) is 16.8 Å². The minimum atomic E-state index is -4.37. The maximum Gasteiger partial charge on any atom is 0.416 e. The van der Waals surface area contributed by atoms with Crippen LogP contribution in [0.25, 0.3) is 21.5 Å². The predicted octanol–water partition coefficient (Wildman–Crippen LogP) is 5.76. The molecule has 0 atom stereocenters. The highest BCUT2D eigenvalue weighted by atomic mass is 32.1. The van der Waals surface area contributed by atoms with Crippen molar-refractivity contribution in [1.29, 1.82) is 0 Å². The van der Waals surface area contributed by atoms with Gasteiger partial charge in [-0.3, -0.25) is 4.79 Å². The van der Waals surface area contributed by atoms with E-state index < -0.39 is 17.7 Å². The van der Waals surface area contributed by atoms with Crippen molar-refractivity contribution in [2.75, 3.05) is 0 Å². The highest BCUT2D eigenvalue weighted by Gasteiger charge is 2.30. The standard InChI is InChI=1S/C22H17F3N2O3S/c1-13-18(26-21(31-13)15-2-5-16(6-3-15)22(23,24)25)12-30-17-7-4-14-8-9-27(11-20(28)29)19(14)10-17/h2-10H,11-12H2,1H3,(H,28,29). The summed E-state index contributed by atoms with van der Waals surface area (Å²) in [6.45, 7) is 1.92. The molecule has 0 aliphatic carbocycles. The average Bonchev–Trinajstić information content (AvgIpc) is 3.28. The van der Waals surface area contributed by atoms with Crippen LogP contribution >= 0.6 is 11.3 Å². The number of carboxylic acid groups (broad SMARTS) is 1. The lowest BCUT2D eigenvalue weighted by Crippen LogP contribution is -2.07. The Bertz CT molecular complexity index is 1240. The van der Waals surface area contributed by atoms with Crippen molar-refractivity contribution >= 4 is 28.2 Å². The molecule has 9 heteroatoms. The maximum atomic E-state index is 12.8. The van der Waals surface area contributed by atoms with Crippen LogP contribution < -0.4 is 4.74 Å². The van der Waals surface area contributed by atoms with Gasteiger partial charge in [0, 0.05) is 22.7 Å². The summed E-state index contributed by atoms with van der Waals surface area (Å²) in [4.78, 5) is 16.4. The second-order valence-electron chi connectivity index (χ2n) is 6.94. The molecule has 2 heterocycles. The second-order valence-corrected chi connectivity index (χ2v) is 8.15. The minimum Gasteiger partial charge on any atom is -0.487 e. The fraction of sp³-hybridized carbons (Fsp3) is 0.182.